The highest BCUT2D eigenvalue weighted by Gasteiger charge is 2.06. The zero-order valence-electron chi connectivity index (χ0n) is 12.0. The van der Waals surface area contributed by atoms with Gasteiger partial charge in [0.05, 0.1) is 6.61 Å². The minimum Gasteiger partial charge on any atom is -0.490 e. The van der Waals surface area contributed by atoms with E-state index in [2.05, 4.69) is 10.6 Å². The first-order valence-corrected chi connectivity index (χ1v) is 6.60. The number of hydrogen-bond acceptors (Lipinski definition) is 4. The second-order valence-electron chi connectivity index (χ2n) is 3.87. The summed E-state index contributed by atoms with van der Waals surface area (Å²) in [4.78, 5) is 11.5. The number of carbonyl (C=O) groups is 1. The Bertz CT molecular complexity index is 388. The quantitative estimate of drug-likeness (QED) is 0.681. The zero-order chi connectivity index (χ0) is 13.9. The number of likely N-dealkylation sites (N-methyl/N-ethyl adjacent to an activating group) is 1. The van der Waals surface area contributed by atoms with Gasteiger partial charge in [0.15, 0.2) is 18.1 Å². The van der Waals surface area contributed by atoms with Crippen LogP contribution in [-0.2, 0) is 4.79 Å². The van der Waals surface area contributed by atoms with Crippen LogP contribution in [-0.4, -0.2) is 38.8 Å². The molecule has 114 valence electrons. The number of nitrogens with one attached hydrogen (secondary N) is 2. The number of rotatable bonds is 9. The molecule has 0 bridgehead atoms. The molecule has 0 aliphatic heterocycles. The molecule has 0 spiro atoms. The number of ether oxygens (including phenoxy) is 2. The Morgan fingerprint density at radius 3 is 2.35 bits per heavy atom. The molecular weight excluding hydrogens is 280 g/mol. The normalized spacial score (nSPS) is 9.50. The molecule has 20 heavy (non-hydrogen) atoms. The first kappa shape index (κ1) is 18.5. The van der Waals surface area contributed by atoms with Crippen LogP contribution >= 0.6 is 12.4 Å². The van der Waals surface area contributed by atoms with E-state index >= 15 is 0 Å². The van der Waals surface area contributed by atoms with E-state index in [1.54, 1.807) is 6.07 Å². The van der Waals surface area contributed by atoms with Gasteiger partial charge in [-0.1, -0.05) is 19.1 Å². The maximum Gasteiger partial charge on any atom is 0.257 e. The highest BCUT2D eigenvalue weighted by molar-refractivity contribution is 5.85. The minimum absolute atomic E-state index is 0. The molecule has 1 aromatic carbocycles. The average molecular weight is 303 g/mol. The lowest BCUT2D eigenvalue weighted by Crippen LogP contribution is -2.34. The highest BCUT2D eigenvalue weighted by atomic mass is 35.5. The third kappa shape index (κ3) is 7.21. The Labute approximate surface area is 126 Å². The van der Waals surface area contributed by atoms with E-state index in [0.717, 1.165) is 13.1 Å². The lowest BCUT2D eigenvalue weighted by Gasteiger charge is -2.11. The third-order valence-corrected chi connectivity index (χ3v) is 2.38. The average Bonchev–Trinajstić information content (AvgIpc) is 2.43. The summed E-state index contributed by atoms with van der Waals surface area (Å²) in [5.41, 5.74) is 0. The fourth-order valence-electron chi connectivity index (χ4n) is 1.51. The minimum atomic E-state index is -0.135. The third-order valence-electron chi connectivity index (χ3n) is 2.38. The second-order valence-corrected chi connectivity index (χ2v) is 3.87. The topological polar surface area (TPSA) is 59.6 Å². The van der Waals surface area contributed by atoms with E-state index in [1.165, 1.54) is 0 Å². The van der Waals surface area contributed by atoms with Crippen molar-refractivity contribution in [3.63, 3.8) is 0 Å². The lowest BCUT2D eigenvalue weighted by molar-refractivity contribution is -0.123. The predicted molar refractivity (Wildman–Crippen MR) is 81.9 cm³/mol. The van der Waals surface area contributed by atoms with Crippen molar-refractivity contribution in [2.75, 3.05) is 32.8 Å². The van der Waals surface area contributed by atoms with Gasteiger partial charge >= 0.3 is 0 Å². The molecule has 0 saturated heterocycles. The molecule has 2 N–H and O–H groups in total. The monoisotopic (exact) mass is 302 g/mol. The summed E-state index contributed by atoms with van der Waals surface area (Å²) in [5, 5.41) is 5.90. The summed E-state index contributed by atoms with van der Waals surface area (Å²) in [5.74, 6) is 1.11. The molecule has 1 amide bonds. The molecule has 0 aliphatic rings. The molecule has 0 fully saturated rings. The fraction of sp³-hybridized carbons (Fsp3) is 0.500. The van der Waals surface area contributed by atoms with Crippen molar-refractivity contribution >= 4 is 18.3 Å². The molecule has 1 rings (SSSR count). The van der Waals surface area contributed by atoms with E-state index in [9.17, 15) is 4.79 Å². The molecule has 5 nitrogen and oxygen atoms in total. The van der Waals surface area contributed by atoms with Crippen LogP contribution in [0.25, 0.3) is 0 Å². The number of amides is 1. The van der Waals surface area contributed by atoms with Crippen molar-refractivity contribution in [3.05, 3.63) is 24.3 Å². The smallest absolute Gasteiger partial charge is 0.257 e. The number of hydrogen-bond donors (Lipinski definition) is 2. The second kappa shape index (κ2) is 11.4. The Kier molecular flexibility index (Phi) is 10.5. The van der Waals surface area contributed by atoms with Crippen LogP contribution in [0.5, 0.6) is 11.5 Å². The molecule has 0 heterocycles. The maximum atomic E-state index is 11.5. The lowest BCUT2D eigenvalue weighted by atomic mass is 10.3. The van der Waals surface area contributed by atoms with Crippen LogP contribution < -0.4 is 20.1 Å². The summed E-state index contributed by atoms with van der Waals surface area (Å²) in [6.45, 7) is 6.75. The van der Waals surface area contributed by atoms with Gasteiger partial charge in [-0.3, -0.25) is 4.79 Å². The predicted octanol–water partition coefficient (Wildman–Crippen LogP) is 1.61. The first-order chi connectivity index (χ1) is 9.27. The fourth-order valence-corrected chi connectivity index (χ4v) is 1.51. The molecule has 0 atom stereocenters. The van der Waals surface area contributed by atoms with E-state index in [-0.39, 0.29) is 24.9 Å². The summed E-state index contributed by atoms with van der Waals surface area (Å²) < 4.78 is 10.9. The van der Waals surface area contributed by atoms with E-state index in [1.807, 2.05) is 32.0 Å². The van der Waals surface area contributed by atoms with Gasteiger partial charge in [-0.05, 0) is 25.6 Å². The Morgan fingerprint density at radius 1 is 1.10 bits per heavy atom. The standard InChI is InChI=1S/C14H22N2O3.ClH/c1-3-15-9-10-16-14(17)11-19-13-8-6-5-7-12(13)18-4-2;/h5-8,15H,3-4,9-11H2,1-2H3,(H,16,17);1H. The van der Waals surface area contributed by atoms with Gasteiger partial charge in [-0.25, -0.2) is 0 Å². The molecular formula is C14H23ClN2O3. The molecule has 6 heteroatoms. The summed E-state index contributed by atoms with van der Waals surface area (Å²) in [6.07, 6.45) is 0. The van der Waals surface area contributed by atoms with Gasteiger partial charge in [-0.15, -0.1) is 12.4 Å². The number of benzene rings is 1. The van der Waals surface area contributed by atoms with E-state index in [0.29, 0.717) is 24.7 Å². The van der Waals surface area contributed by atoms with Gasteiger partial charge < -0.3 is 20.1 Å². The van der Waals surface area contributed by atoms with Gasteiger partial charge in [0.25, 0.3) is 5.91 Å². The van der Waals surface area contributed by atoms with E-state index in [4.69, 9.17) is 9.47 Å². The Morgan fingerprint density at radius 2 is 1.75 bits per heavy atom. The Hall–Kier alpha value is -1.46. The van der Waals surface area contributed by atoms with Crippen molar-refractivity contribution in [3.8, 4) is 11.5 Å². The largest absolute Gasteiger partial charge is 0.490 e. The highest BCUT2D eigenvalue weighted by Crippen LogP contribution is 2.25. The van der Waals surface area contributed by atoms with Gasteiger partial charge in [-0.2, -0.15) is 0 Å². The van der Waals surface area contributed by atoms with Gasteiger partial charge in [0, 0.05) is 13.1 Å². The van der Waals surface area contributed by atoms with E-state index < -0.39 is 0 Å². The maximum absolute atomic E-state index is 11.5. The number of para-hydroxylation sites is 2. The van der Waals surface area contributed by atoms with Gasteiger partial charge in [0.1, 0.15) is 0 Å². The van der Waals surface area contributed by atoms with Crippen LogP contribution in [0.2, 0.25) is 0 Å². The van der Waals surface area contributed by atoms with Crippen LogP contribution in [0.1, 0.15) is 13.8 Å². The van der Waals surface area contributed by atoms with Crippen molar-refractivity contribution in [2.45, 2.75) is 13.8 Å². The van der Waals surface area contributed by atoms with Crippen LogP contribution in [0.15, 0.2) is 24.3 Å². The number of carbonyl (C=O) groups excluding carboxylic acids is 1. The first-order valence-electron chi connectivity index (χ1n) is 6.60. The van der Waals surface area contributed by atoms with Gasteiger partial charge in [0.2, 0.25) is 0 Å². The number of halogens is 1. The SMILES string of the molecule is CCNCCNC(=O)COc1ccccc1OCC.Cl. The molecule has 0 saturated carbocycles. The van der Waals surface area contributed by atoms with Crippen LogP contribution in [0.4, 0.5) is 0 Å². The molecule has 0 aliphatic carbocycles. The van der Waals surface area contributed by atoms with Crippen LogP contribution in [0, 0.1) is 0 Å². The summed E-state index contributed by atoms with van der Waals surface area (Å²) >= 11 is 0. The van der Waals surface area contributed by atoms with Crippen molar-refractivity contribution in [1.29, 1.82) is 0 Å². The van der Waals surface area contributed by atoms with Crippen molar-refractivity contribution in [1.82, 2.24) is 10.6 Å². The summed E-state index contributed by atoms with van der Waals surface area (Å²) in [7, 11) is 0. The molecule has 1 aromatic rings. The summed E-state index contributed by atoms with van der Waals surface area (Å²) in [6, 6.07) is 7.33. The van der Waals surface area contributed by atoms with Crippen LogP contribution in [0.3, 0.4) is 0 Å². The zero-order valence-corrected chi connectivity index (χ0v) is 12.8. The molecule has 0 aromatic heterocycles. The molecule has 0 unspecified atom stereocenters. The van der Waals surface area contributed by atoms with Crippen molar-refractivity contribution in [2.24, 2.45) is 0 Å². The van der Waals surface area contributed by atoms with Crippen molar-refractivity contribution < 1.29 is 14.3 Å². The molecule has 0 radical (unpaired) electrons. The Balaban J connectivity index is 0.00000361.